The van der Waals surface area contributed by atoms with Crippen molar-refractivity contribution in [3.63, 3.8) is 0 Å². The zero-order valence-corrected chi connectivity index (χ0v) is 7.83. The van der Waals surface area contributed by atoms with Crippen molar-refractivity contribution in [2.45, 2.75) is 5.00 Å². The molecule has 0 bridgehead atoms. The minimum Gasteiger partial charge on any atom is -0.280 e. The van der Waals surface area contributed by atoms with Crippen LogP contribution in [0.4, 0.5) is 0 Å². The molecule has 1 rings (SSSR count). The molecule has 0 N–H and O–H groups in total. The number of rotatable bonds is 2. The van der Waals surface area contributed by atoms with Gasteiger partial charge in [-0.1, -0.05) is 18.2 Å². The molecule has 0 amide bonds. The minimum absolute atomic E-state index is 0.737. The number of carbonyl (C=O) groups is 1. The molecular formula is C7H5Cl2NO3. The summed E-state index contributed by atoms with van der Waals surface area (Å²) in [6.45, 7) is 0. The largest absolute Gasteiger partial charge is 0.328 e. The van der Waals surface area contributed by atoms with Crippen LogP contribution in [-0.4, -0.2) is 15.2 Å². The summed E-state index contributed by atoms with van der Waals surface area (Å²) in [6, 6.07) is 0. The highest BCUT2D eigenvalue weighted by Gasteiger charge is 2.49. The molecule has 1 aliphatic rings. The summed E-state index contributed by atoms with van der Waals surface area (Å²) in [7, 11) is 0. The fourth-order valence-corrected chi connectivity index (χ4v) is 1.55. The van der Waals surface area contributed by atoms with Crippen LogP contribution in [0.15, 0.2) is 24.3 Å². The lowest BCUT2D eigenvalue weighted by molar-refractivity contribution is -0.532. The molecule has 0 spiro atoms. The van der Waals surface area contributed by atoms with Gasteiger partial charge in [-0.25, -0.2) is 0 Å². The molecule has 0 saturated heterocycles. The van der Waals surface area contributed by atoms with Gasteiger partial charge in [-0.3, -0.25) is 14.9 Å². The Balaban J connectivity index is 3.07. The number of carbonyl (C=O) groups excluding carboxylic acids is 1. The van der Waals surface area contributed by atoms with Gasteiger partial charge in [-0.15, -0.1) is 0 Å². The first kappa shape index (κ1) is 10.2. The molecule has 6 heteroatoms. The van der Waals surface area contributed by atoms with Gasteiger partial charge in [0.1, 0.15) is 5.92 Å². The average molecular weight is 222 g/mol. The van der Waals surface area contributed by atoms with E-state index in [1.807, 2.05) is 0 Å². The molecule has 0 aromatic rings. The van der Waals surface area contributed by atoms with Crippen molar-refractivity contribution in [2.24, 2.45) is 5.92 Å². The Labute approximate surface area is 84.0 Å². The molecule has 4 nitrogen and oxygen atoms in total. The lowest BCUT2D eigenvalue weighted by atomic mass is 9.96. The molecule has 2 unspecified atom stereocenters. The number of halogens is 2. The van der Waals surface area contributed by atoms with E-state index in [4.69, 9.17) is 23.2 Å². The van der Waals surface area contributed by atoms with Gasteiger partial charge in [0, 0.05) is 11.0 Å². The number of hydrogen-bond acceptors (Lipinski definition) is 3. The second-order valence-electron chi connectivity index (χ2n) is 2.51. The fraction of sp³-hybridized carbons (Fsp3) is 0.286. The molecule has 2 atom stereocenters. The summed E-state index contributed by atoms with van der Waals surface area (Å²) < 4.78 is 0. The molecule has 0 heterocycles. The zero-order valence-electron chi connectivity index (χ0n) is 6.31. The smallest absolute Gasteiger partial charge is 0.280 e. The Bertz CT molecular complexity index is 313. The van der Waals surface area contributed by atoms with Crippen LogP contribution in [0.3, 0.4) is 0 Å². The van der Waals surface area contributed by atoms with Crippen molar-refractivity contribution >= 4 is 28.4 Å². The van der Waals surface area contributed by atoms with Crippen LogP contribution in [-0.2, 0) is 4.79 Å². The van der Waals surface area contributed by atoms with Crippen LogP contribution in [0, 0.1) is 16.0 Å². The van der Waals surface area contributed by atoms with Crippen molar-refractivity contribution in [2.75, 3.05) is 0 Å². The third kappa shape index (κ3) is 1.73. The SMILES string of the molecule is O=C(Cl)C1C=CC=CC1(Cl)[N+](=O)[O-]. The highest BCUT2D eigenvalue weighted by molar-refractivity contribution is 6.64. The van der Waals surface area contributed by atoms with E-state index in [1.165, 1.54) is 18.2 Å². The summed E-state index contributed by atoms with van der Waals surface area (Å²) in [5.74, 6) is -1.11. The van der Waals surface area contributed by atoms with Crippen LogP contribution < -0.4 is 0 Å². The maximum absolute atomic E-state index is 10.8. The van der Waals surface area contributed by atoms with Gasteiger partial charge >= 0.3 is 5.00 Å². The second-order valence-corrected chi connectivity index (χ2v) is 3.49. The molecule has 70 valence electrons. The van der Waals surface area contributed by atoms with Gasteiger partial charge in [0.2, 0.25) is 5.24 Å². The number of nitrogens with zero attached hydrogens (tertiary/aromatic N) is 1. The van der Waals surface area contributed by atoms with Crippen molar-refractivity contribution < 1.29 is 9.72 Å². The molecular weight excluding hydrogens is 217 g/mol. The molecule has 0 saturated carbocycles. The second kappa shape index (κ2) is 3.47. The number of nitro groups is 1. The first-order valence-electron chi connectivity index (χ1n) is 3.37. The quantitative estimate of drug-likeness (QED) is 0.235. The van der Waals surface area contributed by atoms with Crippen LogP contribution in [0.1, 0.15) is 0 Å². The Morgan fingerprint density at radius 2 is 2.15 bits per heavy atom. The third-order valence-corrected chi connectivity index (χ3v) is 2.44. The molecule has 13 heavy (non-hydrogen) atoms. The van der Waals surface area contributed by atoms with E-state index >= 15 is 0 Å². The lowest BCUT2D eigenvalue weighted by Gasteiger charge is -2.21. The highest BCUT2D eigenvalue weighted by atomic mass is 35.5. The van der Waals surface area contributed by atoms with Gasteiger partial charge in [0.05, 0.1) is 0 Å². The summed E-state index contributed by atoms with van der Waals surface area (Å²) in [4.78, 5) is 18.7. The van der Waals surface area contributed by atoms with Gasteiger partial charge < -0.3 is 0 Å². The van der Waals surface area contributed by atoms with Crippen molar-refractivity contribution in [1.29, 1.82) is 0 Å². The highest BCUT2D eigenvalue weighted by Crippen LogP contribution is 2.33. The van der Waals surface area contributed by atoms with E-state index < -0.39 is 21.1 Å². The lowest BCUT2D eigenvalue weighted by Crippen LogP contribution is -2.41. The molecule has 0 fully saturated rings. The molecule has 0 aromatic carbocycles. The predicted octanol–water partition coefficient (Wildman–Crippen LogP) is 1.71. The van der Waals surface area contributed by atoms with Crippen molar-refractivity contribution in [1.82, 2.24) is 0 Å². The normalized spacial score (nSPS) is 31.7. The molecule has 0 radical (unpaired) electrons. The number of hydrogen-bond donors (Lipinski definition) is 0. The Morgan fingerprint density at radius 1 is 1.54 bits per heavy atom. The Kier molecular flexibility index (Phi) is 2.73. The maximum Gasteiger partial charge on any atom is 0.328 e. The van der Waals surface area contributed by atoms with Gasteiger partial charge in [-0.05, 0) is 23.2 Å². The van der Waals surface area contributed by atoms with E-state index in [2.05, 4.69) is 0 Å². The van der Waals surface area contributed by atoms with Crippen LogP contribution in [0.25, 0.3) is 0 Å². The van der Waals surface area contributed by atoms with Crippen LogP contribution >= 0.6 is 23.2 Å². The maximum atomic E-state index is 10.8. The molecule has 0 aliphatic heterocycles. The summed E-state index contributed by atoms with van der Waals surface area (Å²) in [5.41, 5.74) is 0. The van der Waals surface area contributed by atoms with Crippen molar-refractivity contribution in [3.8, 4) is 0 Å². The number of alkyl halides is 1. The topological polar surface area (TPSA) is 60.2 Å². The monoisotopic (exact) mass is 221 g/mol. The van der Waals surface area contributed by atoms with Crippen molar-refractivity contribution in [3.05, 3.63) is 34.4 Å². The summed E-state index contributed by atoms with van der Waals surface area (Å²) in [5, 5.41) is 9.73. The van der Waals surface area contributed by atoms with Gasteiger partial charge in [0.25, 0.3) is 0 Å². The van der Waals surface area contributed by atoms with Crippen LogP contribution in [0.2, 0.25) is 0 Å². The minimum atomic E-state index is -1.94. The summed E-state index contributed by atoms with van der Waals surface area (Å²) >= 11 is 10.8. The van der Waals surface area contributed by atoms with E-state index in [-0.39, 0.29) is 0 Å². The first-order chi connectivity index (χ1) is 5.98. The van der Waals surface area contributed by atoms with E-state index in [1.54, 1.807) is 0 Å². The summed E-state index contributed by atoms with van der Waals surface area (Å²) in [6.07, 6.45) is 5.35. The van der Waals surface area contributed by atoms with Crippen LogP contribution in [0.5, 0.6) is 0 Å². The predicted molar refractivity (Wildman–Crippen MR) is 48.2 cm³/mol. The van der Waals surface area contributed by atoms with E-state index in [9.17, 15) is 14.9 Å². The molecule has 0 aromatic heterocycles. The number of allylic oxidation sites excluding steroid dienone is 2. The third-order valence-electron chi connectivity index (χ3n) is 1.71. The van der Waals surface area contributed by atoms with Gasteiger partial charge in [0.15, 0.2) is 0 Å². The zero-order chi connectivity index (χ0) is 10.1. The molecule has 1 aliphatic carbocycles. The Morgan fingerprint density at radius 3 is 2.54 bits per heavy atom. The van der Waals surface area contributed by atoms with E-state index in [0.717, 1.165) is 6.08 Å². The standard InChI is InChI=1S/C7H5Cl2NO3/c8-6(11)5-3-1-2-4-7(5,9)10(12)13/h1-5H. The van der Waals surface area contributed by atoms with Gasteiger partial charge in [-0.2, -0.15) is 0 Å². The first-order valence-corrected chi connectivity index (χ1v) is 4.13. The Hall–Kier alpha value is -0.870. The average Bonchev–Trinajstić information content (AvgIpc) is 2.04. The van der Waals surface area contributed by atoms with E-state index in [0.29, 0.717) is 0 Å². The fourth-order valence-electron chi connectivity index (χ4n) is 1.01.